The lowest BCUT2D eigenvalue weighted by atomic mass is 9.98. The molecule has 0 unspecified atom stereocenters. The van der Waals surface area contributed by atoms with E-state index in [2.05, 4.69) is 0 Å². The summed E-state index contributed by atoms with van der Waals surface area (Å²) in [5, 5.41) is 0. The van der Waals surface area contributed by atoms with Gasteiger partial charge in [0.05, 0.1) is 25.3 Å². The summed E-state index contributed by atoms with van der Waals surface area (Å²) in [6.07, 6.45) is 2.71. The molecule has 1 amide bonds. The van der Waals surface area contributed by atoms with E-state index in [1.165, 1.54) is 4.31 Å². The third-order valence-corrected chi connectivity index (χ3v) is 8.11. The summed E-state index contributed by atoms with van der Waals surface area (Å²) in [6, 6.07) is 3.55. The van der Waals surface area contributed by atoms with Crippen molar-refractivity contribution in [3.05, 3.63) is 41.1 Å². The summed E-state index contributed by atoms with van der Waals surface area (Å²) in [5.41, 5.74) is 1.06. The van der Waals surface area contributed by atoms with Crippen LogP contribution in [0.15, 0.2) is 27.7 Å². The Bertz CT molecular complexity index is 1090. The van der Waals surface area contributed by atoms with Crippen LogP contribution in [0.5, 0.6) is 0 Å². The molecule has 1 atom stereocenters. The number of nitrogens with zero attached hydrogens (tertiary/aromatic N) is 3. The van der Waals surface area contributed by atoms with Gasteiger partial charge in [-0.25, -0.2) is 13.2 Å². The van der Waals surface area contributed by atoms with Crippen molar-refractivity contribution in [1.82, 2.24) is 13.8 Å². The number of furan rings is 1. The number of piperidine rings is 1. The number of aromatic nitrogens is 1. The van der Waals surface area contributed by atoms with Crippen LogP contribution in [0.2, 0.25) is 0 Å². The van der Waals surface area contributed by atoms with E-state index in [4.69, 9.17) is 9.15 Å². The number of carbonyl (C=O) groups excluding carboxylic acids is 2. The number of carbonyl (C=O) groups is 2. The van der Waals surface area contributed by atoms with E-state index in [1.807, 2.05) is 0 Å². The van der Waals surface area contributed by atoms with Gasteiger partial charge >= 0.3 is 5.97 Å². The molecule has 10 heteroatoms. The van der Waals surface area contributed by atoms with Crippen molar-refractivity contribution in [3.63, 3.8) is 0 Å². The lowest BCUT2D eigenvalue weighted by molar-refractivity contribution is -0.136. The molecule has 9 nitrogen and oxygen atoms in total. The van der Waals surface area contributed by atoms with Gasteiger partial charge in [-0.3, -0.25) is 4.79 Å². The second-order valence-electron chi connectivity index (χ2n) is 8.13. The molecule has 3 heterocycles. The molecule has 1 fully saturated rings. The SMILES string of the molecule is CCOC(=O)c1c(S(=O)(=O)N2CCC[C@@H](C(=O)N(C)Cc3ccco3)C2)c(C)n(C)c1C. The zero-order valence-electron chi connectivity index (χ0n) is 19.3. The predicted molar refractivity (Wildman–Crippen MR) is 118 cm³/mol. The van der Waals surface area contributed by atoms with E-state index in [1.54, 1.807) is 62.7 Å². The molecule has 1 saturated heterocycles. The summed E-state index contributed by atoms with van der Waals surface area (Å²) in [7, 11) is -0.605. The molecular formula is C22H31N3O6S. The summed E-state index contributed by atoms with van der Waals surface area (Å²) in [6.45, 7) is 5.88. The molecule has 176 valence electrons. The van der Waals surface area contributed by atoms with E-state index in [9.17, 15) is 18.0 Å². The Hall–Kier alpha value is -2.59. The topological polar surface area (TPSA) is 102 Å². The van der Waals surface area contributed by atoms with Crippen molar-refractivity contribution in [2.45, 2.75) is 45.1 Å². The highest BCUT2D eigenvalue weighted by Gasteiger charge is 2.39. The Kier molecular flexibility index (Phi) is 7.14. The summed E-state index contributed by atoms with van der Waals surface area (Å²) < 4.78 is 40.8. The largest absolute Gasteiger partial charge is 0.467 e. The fourth-order valence-electron chi connectivity index (χ4n) is 4.19. The zero-order chi connectivity index (χ0) is 23.6. The van der Waals surface area contributed by atoms with Crippen molar-refractivity contribution in [2.75, 3.05) is 26.7 Å². The van der Waals surface area contributed by atoms with Crippen molar-refractivity contribution < 1.29 is 27.2 Å². The minimum Gasteiger partial charge on any atom is -0.467 e. The molecule has 0 aromatic carbocycles. The third kappa shape index (κ3) is 4.47. The van der Waals surface area contributed by atoms with Crippen LogP contribution >= 0.6 is 0 Å². The molecule has 0 bridgehead atoms. The Labute approximate surface area is 189 Å². The molecule has 0 N–H and O–H groups in total. The normalized spacial score (nSPS) is 17.3. The minimum absolute atomic E-state index is 0.0343. The molecule has 1 aliphatic rings. The smallest absolute Gasteiger partial charge is 0.341 e. The van der Waals surface area contributed by atoms with Gasteiger partial charge in [-0.15, -0.1) is 0 Å². The van der Waals surface area contributed by atoms with Crippen LogP contribution < -0.4 is 0 Å². The van der Waals surface area contributed by atoms with Crippen LogP contribution in [0.4, 0.5) is 0 Å². The summed E-state index contributed by atoms with van der Waals surface area (Å²) in [4.78, 5) is 27.1. The summed E-state index contributed by atoms with van der Waals surface area (Å²) in [5.74, 6) is -0.590. The van der Waals surface area contributed by atoms with Gasteiger partial charge in [-0.2, -0.15) is 4.31 Å². The lowest BCUT2D eigenvalue weighted by Gasteiger charge is -2.33. The van der Waals surface area contributed by atoms with Gasteiger partial charge in [0.1, 0.15) is 16.2 Å². The number of hydrogen-bond acceptors (Lipinski definition) is 6. The number of amides is 1. The highest BCUT2D eigenvalue weighted by molar-refractivity contribution is 7.89. The van der Waals surface area contributed by atoms with Gasteiger partial charge in [-0.05, 0) is 45.7 Å². The maximum absolute atomic E-state index is 13.7. The molecule has 2 aromatic heterocycles. The fourth-order valence-corrected chi connectivity index (χ4v) is 6.20. The van der Waals surface area contributed by atoms with E-state index in [-0.39, 0.29) is 29.5 Å². The quantitative estimate of drug-likeness (QED) is 0.582. The maximum Gasteiger partial charge on any atom is 0.341 e. The zero-order valence-corrected chi connectivity index (χ0v) is 20.1. The van der Waals surface area contributed by atoms with Crippen molar-refractivity contribution >= 4 is 21.9 Å². The molecule has 0 aliphatic carbocycles. The Balaban J connectivity index is 1.87. The first-order valence-electron chi connectivity index (χ1n) is 10.7. The molecule has 0 saturated carbocycles. The van der Waals surface area contributed by atoms with Crippen LogP contribution in [0.1, 0.15) is 47.3 Å². The van der Waals surface area contributed by atoms with E-state index >= 15 is 0 Å². The van der Waals surface area contributed by atoms with Gasteiger partial charge in [0, 0.05) is 38.6 Å². The molecule has 2 aromatic rings. The predicted octanol–water partition coefficient (Wildman–Crippen LogP) is 2.47. The van der Waals surface area contributed by atoms with Gasteiger partial charge in [0.2, 0.25) is 15.9 Å². The number of sulfonamides is 1. The highest BCUT2D eigenvalue weighted by Crippen LogP contribution is 2.32. The average Bonchev–Trinajstić information content (AvgIpc) is 3.35. The highest BCUT2D eigenvalue weighted by atomic mass is 32.2. The molecule has 0 radical (unpaired) electrons. The second-order valence-corrected chi connectivity index (χ2v) is 10.0. The molecule has 32 heavy (non-hydrogen) atoms. The van der Waals surface area contributed by atoms with Gasteiger partial charge in [0.15, 0.2) is 0 Å². The molecule has 1 aliphatic heterocycles. The van der Waals surface area contributed by atoms with E-state index in [0.717, 1.165) is 0 Å². The van der Waals surface area contributed by atoms with Crippen LogP contribution in [0, 0.1) is 19.8 Å². The molecule has 0 spiro atoms. The third-order valence-electron chi connectivity index (χ3n) is 6.08. The average molecular weight is 466 g/mol. The second kappa shape index (κ2) is 9.50. The van der Waals surface area contributed by atoms with Crippen LogP contribution in [-0.2, 0) is 33.1 Å². The standard InChI is InChI=1S/C22H31N3O6S/c1-6-30-22(27)19-15(2)24(5)16(3)20(19)32(28,29)25-11-7-9-17(13-25)21(26)23(4)14-18-10-8-12-31-18/h8,10,12,17H,6-7,9,11,13-14H2,1-5H3/t17-/m1/s1. The number of ether oxygens (including phenoxy) is 1. The van der Waals surface area contributed by atoms with E-state index in [0.29, 0.717) is 43.1 Å². The van der Waals surface area contributed by atoms with Gasteiger partial charge < -0.3 is 18.6 Å². The van der Waals surface area contributed by atoms with E-state index < -0.39 is 21.9 Å². The number of rotatable bonds is 7. The first-order chi connectivity index (χ1) is 15.1. The van der Waals surface area contributed by atoms with Crippen molar-refractivity contribution in [2.24, 2.45) is 13.0 Å². The van der Waals surface area contributed by atoms with Crippen molar-refractivity contribution in [1.29, 1.82) is 0 Å². The first-order valence-corrected chi connectivity index (χ1v) is 12.1. The minimum atomic E-state index is -4.01. The van der Waals surface area contributed by atoms with Gasteiger partial charge in [-0.1, -0.05) is 0 Å². The first kappa shape index (κ1) is 24.1. The number of hydrogen-bond donors (Lipinski definition) is 0. The maximum atomic E-state index is 13.7. The van der Waals surface area contributed by atoms with Gasteiger partial charge in [0.25, 0.3) is 0 Å². The van der Waals surface area contributed by atoms with Crippen LogP contribution in [0.25, 0.3) is 0 Å². The summed E-state index contributed by atoms with van der Waals surface area (Å²) >= 11 is 0. The molecular weight excluding hydrogens is 434 g/mol. The van der Waals surface area contributed by atoms with Crippen molar-refractivity contribution in [3.8, 4) is 0 Å². The number of esters is 1. The Morgan fingerprint density at radius 3 is 2.62 bits per heavy atom. The fraction of sp³-hybridized carbons (Fsp3) is 0.545. The monoisotopic (exact) mass is 465 g/mol. The van der Waals surface area contributed by atoms with Crippen LogP contribution in [-0.4, -0.2) is 60.8 Å². The lowest BCUT2D eigenvalue weighted by Crippen LogP contribution is -2.46. The Morgan fingerprint density at radius 2 is 2.00 bits per heavy atom. The Morgan fingerprint density at radius 1 is 1.28 bits per heavy atom. The molecule has 3 rings (SSSR count). The van der Waals surface area contributed by atoms with Crippen LogP contribution in [0.3, 0.4) is 0 Å².